The second-order valence-electron chi connectivity index (χ2n) is 7.41. The molecule has 8 nitrogen and oxygen atoms in total. The molecule has 32 heavy (non-hydrogen) atoms. The van der Waals surface area contributed by atoms with E-state index in [1.54, 1.807) is 25.4 Å². The van der Waals surface area contributed by atoms with Crippen LogP contribution in [0.2, 0.25) is 0 Å². The zero-order valence-corrected chi connectivity index (χ0v) is 18.6. The van der Waals surface area contributed by atoms with Crippen molar-refractivity contribution in [2.24, 2.45) is 0 Å². The van der Waals surface area contributed by atoms with Gasteiger partial charge in [-0.1, -0.05) is 18.0 Å². The van der Waals surface area contributed by atoms with Gasteiger partial charge in [-0.05, 0) is 50.1 Å². The van der Waals surface area contributed by atoms with E-state index >= 15 is 0 Å². The number of ether oxygens (including phenoxy) is 1. The zero-order valence-electron chi connectivity index (χ0n) is 18.6. The summed E-state index contributed by atoms with van der Waals surface area (Å²) in [5.41, 5.74) is 1.56. The van der Waals surface area contributed by atoms with Crippen LogP contribution in [0.15, 0.2) is 47.2 Å². The lowest BCUT2D eigenvalue weighted by Crippen LogP contribution is -2.28. The van der Waals surface area contributed by atoms with Gasteiger partial charge in [0.15, 0.2) is 0 Å². The molecule has 0 saturated heterocycles. The third-order valence-electron chi connectivity index (χ3n) is 4.95. The first-order valence-corrected chi connectivity index (χ1v) is 10.8. The van der Waals surface area contributed by atoms with Crippen molar-refractivity contribution in [3.63, 3.8) is 0 Å². The van der Waals surface area contributed by atoms with Crippen LogP contribution in [0.1, 0.15) is 49.2 Å². The predicted octanol–water partition coefficient (Wildman–Crippen LogP) is 2.46. The molecule has 2 N–H and O–H groups in total. The van der Waals surface area contributed by atoms with Crippen molar-refractivity contribution >= 4 is 0 Å². The molecular formula is C24H30N4O4. The van der Waals surface area contributed by atoms with Crippen LogP contribution in [0.25, 0.3) is 0 Å². The van der Waals surface area contributed by atoms with E-state index < -0.39 is 6.10 Å². The van der Waals surface area contributed by atoms with E-state index in [0.29, 0.717) is 37.0 Å². The van der Waals surface area contributed by atoms with Gasteiger partial charge in [-0.15, -0.1) is 0 Å². The third-order valence-corrected chi connectivity index (χ3v) is 4.95. The highest BCUT2D eigenvalue weighted by Gasteiger charge is 2.11. The Bertz CT molecular complexity index is 1010. The predicted molar refractivity (Wildman–Crippen MR) is 120 cm³/mol. The Morgan fingerprint density at radius 1 is 1.22 bits per heavy atom. The molecule has 1 atom stereocenters. The second-order valence-corrected chi connectivity index (χ2v) is 7.41. The Hall–Kier alpha value is -3.12. The Morgan fingerprint density at radius 2 is 2.03 bits per heavy atom. The second kappa shape index (κ2) is 12.1. The van der Waals surface area contributed by atoms with Gasteiger partial charge in [0.2, 0.25) is 5.76 Å². The van der Waals surface area contributed by atoms with E-state index in [1.807, 2.05) is 28.8 Å². The lowest BCUT2D eigenvalue weighted by atomic mass is 10.2. The van der Waals surface area contributed by atoms with Crippen molar-refractivity contribution in [2.75, 3.05) is 32.8 Å². The molecule has 0 saturated carbocycles. The molecule has 8 heteroatoms. The number of benzene rings is 1. The van der Waals surface area contributed by atoms with Crippen molar-refractivity contribution in [3.05, 3.63) is 65.6 Å². The molecule has 2 heterocycles. The number of likely N-dealkylation sites (N-methyl/N-ethyl adjacent to an activating group) is 1. The molecule has 0 aliphatic heterocycles. The number of nitrogens with zero attached hydrogens (tertiary/aromatic N) is 4. The van der Waals surface area contributed by atoms with Crippen LogP contribution in [0.4, 0.5) is 0 Å². The summed E-state index contributed by atoms with van der Waals surface area (Å²) >= 11 is 0. The Morgan fingerprint density at radius 3 is 2.75 bits per heavy atom. The van der Waals surface area contributed by atoms with Gasteiger partial charge in [-0.25, -0.2) is 4.98 Å². The van der Waals surface area contributed by atoms with Crippen LogP contribution in [0.3, 0.4) is 0 Å². The van der Waals surface area contributed by atoms with E-state index in [-0.39, 0.29) is 6.61 Å². The van der Waals surface area contributed by atoms with Gasteiger partial charge in [0.05, 0.1) is 19.8 Å². The first-order chi connectivity index (χ1) is 15.6. The van der Waals surface area contributed by atoms with Gasteiger partial charge in [0, 0.05) is 37.1 Å². The van der Waals surface area contributed by atoms with Crippen molar-refractivity contribution < 1.29 is 19.5 Å². The molecule has 3 aromatic rings. The minimum Gasteiger partial charge on any atom is -0.494 e. The van der Waals surface area contributed by atoms with Gasteiger partial charge in [0.1, 0.15) is 23.4 Å². The lowest BCUT2D eigenvalue weighted by Gasteiger charge is -2.18. The monoisotopic (exact) mass is 438 g/mol. The molecule has 0 unspecified atom stereocenters. The Kier molecular flexibility index (Phi) is 8.87. The first-order valence-electron chi connectivity index (χ1n) is 10.8. The van der Waals surface area contributed by atoms with Crippen LogP contribution in [0, 0.1) is 11.8 Å². The molecule has 0 fully saturated rings. The molecule has 0 amide bonds. The highest BCUT2D eigenvalue weighted by atomic mass is 16.5. The van der Waals surface area contributed by atoms with Crippen molar-refractivity contribution in [1.82, 2.24) is 19.6 Å². The molecule has 0 bridgehead atoms. The van der Waals surface area contributed by atoms with Crippen molar-refractivity contribution in [3.8, 4) is 17.6 Å². The molecule has 2 aromatic heterocycles. The Balaban J connectivity index is 1.49. The number of imidazole rings is 1. The van der Waals surface area contributed by atoms with Gasteiger partial charge in [-0.3, -0.25) is 0 Å². The minimum absolute atomic E-state index is 0.182. The summed E-state index contributed by atoms with van der Waals surface area (Å²) < 4.78 is 12.9. The smallest absolute Gasteiger partial charge is 0.210 e. The number of rotatable bonds is 11. The summed E-state index contributed by atoms with van der Waals surface area (Å²) in [4.78, 5) is 6.34. The van der Waals surface area contributed by atoms with Crippen LogP contribution < -0.4 is 4.74 Å². The summed E-state index contributed by atoms with van der Waals surface area (Å²) in [6.07, 6.45) is 3.69. The first kappa shape index (κ1) is 23.5. The SMILES string of the molecule is CCN(CCO)CCCOc1ccc(C#Cc2cc(Cn3ccnc3[C@H](C)O)no2)cc1. The molecule has 1 aromatic carbocycles. The van der Waals surface area contributed by atoms with E-state index in [4.69, 9.17) is 14.4 Å². The normalized spacial score (nSPS) is 11.9. The molecule has 0 aliphatic carbocycles. The number of hydrogen-bond donors (Lipinski definition) is 2. The standard InChI is InChI=1S/C24H30N4O4/c1-3-27(14-15-29)12-4-16-31-22-8-5-20(6-9-22)7-10-23-17-21(26-32-23)18-28-13-11-25-24(28)19(2)30/h5-6,8-9,11,13,17,19,29-30H,3-4,12,14-16,18H2,1-2H3/t19-/m0/s1. The largest absolute Gasteiger partial charge is 0.494 e. The van der Waals surface area contributed by atoms with Gasteiger partial charge >= 0.3 is 0 Å². The maximum atomic E-state index is 9.75. The van der Waals surface area contributed by atoms with E-state index in [0.717, 1.165) is 30.8 Å². The summed E-state index contributed by atoms with van der Waals surface area (Å²) in [7, 11) is 0. The number of aromatic nitrogens is 3. The van der Waals surface area contributed by atoms with Crippen LogP contribution >= 0.6 is 0 Å². The number of aliphatic hydroxyl groups is 2. The maximum Gasteiger partial charge on any atom is 0.210 e. The Labute approximate surface area is 188 Å². The minimum atomic E-state index is -0.652. The summed E-state index contributed by atoms with van der Waals surface area (Å²) in [6.45, 7) is 7.55. The van der Waals surface area contributed by atoms with Gasteiger partial charge in [0.25, 0.3) is 0 Å². The molecule has 0 radical (unpaired) electrons. The summed E-state index contributed by atoms with van der Waals surface area (Å²) in [5, 5.41) is 22.8. The number of hydrogen-bond acceptors (Lipinski definition) is 7. The molecule has 170 valence electrons. The van der Waals surface area contributed by atoms with E-state index in [9.17, 15) is 5.11 Å². The quantitative estimate of drug-likeness (QED) is 0.351. The van der Waals surface area contributed by atoms with Crippen molar-refractivity contribution in [1.29, 1.82) is 0 Å². The van der Waals surface area contributed by atoms with E-state index in [1.165, 1.54) is 0 Å². The lowest BCUT2D eigenvalue weighted by molar-refractivity contribution is 0.184. The van der Waals surface area contributed by atoms with Gasteiger partial charge < -0.3 is 28.9 Å². The van der Waals surface area contributed by atoms with Gasteiger partial charge in [-0.2, -0.15) is 0 Å². The van der Waals surface area contributed by atoms with E-state index in [2.05, 4.69) is 33.8 Å². The fourth-order valence-corrected chi connectivity index (χ4v) is 3.26. The third kappa shape index (κ3) is 6.95. The molecule has 0 aliphatic rings. The highest BCUT2D eigenvalue weighted by Crippen LogP contribution is 2.14. The highest BCUT2D eigenvalue weighted by molar-refractivity contribution is 5.41. The van der Waals surface area contributed by atoms with Crippen molar-refractivity contribution in [2.45, 2.75) is 32.9 Å². The number of aliphatic hydroxyl groups excluding tert-OH is 2. The zero-order chi connectivity index (χ0) is 22.8. The maximum absolute atomic E-state index is 9.75. The average molecular weight is 439 g/mol. The van der Waals surface area contributed by atoms with Crippen LogP contribution in [-0.2, 0) is 6.54 Å². The molecular weight excluding hydrogens is 408 g/mol. The summed E-state index contributed by atoms with van der Waals surface area (Å²) in [5.74, 6) is 7.90. The topological polar surface area (TPSA) is 96.8 Å². The molecule has 0 spiro atoms. The average Bonchev–Trinajstić information content (AvgIpc) is 3.45. The van der Waals surface area contributed by atoms with Crippen LogP contribution in [0.5, 0.6) is 5.75 Å². The van der Waals surface area contributed by atoms with Crippen LogP contribution in [-0.4, -0.2) is 62.7 Å². The fraction of sp³-hybridized carbons (Fsp3) is 0.417. The molecule has 3 rings (SSSR count). The fourth-order valence-electron chi connectivity index (χ4n) is 3.26. The summed E-state index contributed by atoms with van der Waals surface area (Å²) in [6, 6.07) is 9.40.